The van der Waals surface area contributed by atoms with Crippen molar-refractivity contribution in [2.45, 2.75) is 0 Å². The van der Waals surface area contributed by atoms with E-state index in [9.17, 15) is 0 Å². The smallest absolute Gasteiger partial charge is 0.0620 e. The molecule has 0 atom stereocenters. The van der Waals surface area contributed by atoms with Crippen molar-refractivity contribution in [3.8, 4) is 0 Å². The summed E-state index contributed by atoms with van der Waals surface area (Å²) in [5.41, 5.74) is 0. The van der Waals surface area contributed by atoms with Gasteiger partial charge in [-0.05, 0) is 97.1 Å². The Hall–Kier alpha value is -5.38. The first-order valence-corrected chi connectivity index (χ1v) is 20.7. The van der Waals surface area contributed by atoms with Crippen LogP contribution in [0.3, 0.4) is 0 Å². The largest absolute Gasteiger partial charge is 0.144 e. The Morgan fingerprint density at radius 3 is 0.340 bits per heavy atom. The van der Waals surface area contributed by atoms with Crippen LogP contribution in [0, 0.1) is 0 Å². The van der Waals surface area contributed by atoms with Gasteiger partial charge in [0.25, 0.3) is 0 Å². The number of benzene rings is 8. The van der Waals surface area contributed by atoms with E-state index in [-0.39, 0.29) is 0 Å². The van der Waals surface area contributed by atoms with Crippen LogP contribution in [0.4, 0.5) is 0 Å². The molecule has 0 aromatic heterocycles. The standard InChI is InChI=1S/2C24H20P/c2*1-5-13-21(14-6-1)25(22-15-7-2-8-16-22,23-17-9-3-10-18-23)24-19-11-4-12-20-24/h2*1-20H/q2*+1. The summed E-state index contributed by atoms with van der Waals surface area (Å²) < 4.78 is 0. The van der Waals surface area contributed by atoms with Gasteiger partial charge in [0.05, 0.1) is 0 Å². The van der Waals surface area contributed by atoms with Crippen LogP contribution in [-0.4, -0.2) is 0 Å². The minimum absolute atomic E-state index is 1.39. The highest BCUT2D eigenvalue weighted by atomic mass is 31.2. The van der Waals surface area contributed by atoms with E-state index < -0.39 is 14.5 Å². The number of hydrogen-bond acceptors (Lipinski definition) is 0. The van der Waals surface area contributed by atoms with E-state index in [1.165, 1.54) is 42.4 Å². The van der Waals surface area contributed by atoms with E-state index >= 15 is 0 Å². The number of hydrogen-bond donors (Lipinski definition) is 0. The third-order valence-corrected chi connectivity index (χ3v) is 17.7. The van der Waals surface area contributed by atoms with Gasteiger partial charge >= 0.3 is 0 Å². The molecule has 0 spiro atoms. The van der Waals surface area contributed by atoms with Crippen molar-refractivity contribution in [3.05, 3.63) is 243 Å². The molecule has 0 fully saturated rings. The van der Waals surface area contributed by atoms with Crippen molar-refractivity contribution in [1.29, 1.82) is 0 Å². The van der Waals surface area contributed by atoms with Gasteiger partial charge in [0, 0.05) is 0 Å². The summed E-state index contributed by atoms with van der Waals surface area (Å²) in [6.07, 6.45) is 0. The lowest BCUT2D eigenvalue weighted by Crippen LogP contribution is -2.38. The van der Waals surface area contributed by atoms with Gasteiger partial charge in [-0.2, -0.15) is 0 Å². The second-order valence-corrected chi connectivity index (χ2v) is 18.8. The lowest BCUT2D eigenvalue weighted by atomic mass is 10.3. The minimum Gasteiger partial charge on any atom is -0.0620 e. The monoisotopic (exact) mass is 678 g/mol. The zero-order chi connectivity index (χ0) is 33.9. The minimum atomic E-state index is -1.91. The lowest BCUT2D eigenvalue weighted by molar-refractivity contribution is 1.70. The van der Waals surface area contributed by atoms with Gasteiger partial charge in [-0.1, -0.05) is 146 Å². The molecule has 0 amide bonds. The van der Waals surface area contributed by atoms with Crippen LogP contribution < -0.4 is 42.4 Å². The molecule has 240 valence electrons. The topological polar surface area (TPSA) is 0 Å². The van der Waals surface area contributed by atoms with Crippen LogP contribution in [-0.2, 0) is 0 Å². The predicted molar refractivity (Wildman–Crippen MR) is 222 cm³/mol. The molecule has 8 rings (SSSR count). The molecule has 0 saturated carbocycles. The summed E-state index contributed by atoms with van der Waals surface area (Å²) >= 11 is 0. The molecule has 8 aromatic rings. The molecule has 2 heteroatoms. The van der Waals surface area contributed by atoms with Gasteiger partial charge < -0.3 is 0 Å². The third-order valence-electron chi connectivity index (χ3n) is 9.15. The average Bonchev–Trinajstić information content (AvgIpc) is 3.22. The van der Waals surface area contributed by atoms with Crippen LogP contribution in [0.2, 0.25) is 0 Å². The fourth-order valence-corrected chi connectivity index (χ4v) is 15.5. The fourth-order valence-electron chi connectivity index (χ4n) is 7.00. The van der Waals surface area contributed by atoms with Crippen LogP contribution in [0.5, 0.6) is 0 Å². The van der Waals surface area contributed by atoms with Crippen LogP contribution in [0.25, 0.3) is 0 Å². The van der Waals surface area contributed by atoms with Gasteiger partial charge in [-0.15, -0.1) is 0 Å². The molecular formula is C48H40P2+2. The van der Waals surface area contributed by atoms with Gasteiger partial charge in [-0.25, -0.2) is 0 Å². The Bertz CT molecular complexity index is 1670. The third kappa shape index (κ3) is 6.49. The average molecular weight is 679 g/mol. The maximum absolute atomic E-state index is 2.28. The molecule has 0 aliphatic carbocycles. The highest BCUT2D eigenvalue weighted by Crippen LogP contribution is 2.55. The molecule has 0 saturated heterocycles. The molecule has 0 bridgehead atoms. The lowest BCUT2D eigenvalue weighted by Gasteiger charge is -2.27. The van der Waals surface area contributed by atoms with E-state index in [2.05, 4.69) is 243 Å². The molecule has 0 unspecified atom stereocenters. The van der Waals surface area contributed by atoms with E-state index in [1.54, 1.807) is 0 Å². The number of rotatable bonds is 8. The second-order valence-electron chi connectivity index (χ2n) is 12.0. The van der Waals surface area contributed by atoms with Crippen LogP contribution in [0.15, 0.2) is 243 Å². The van der Waals surface area contributed by atoms with Crippen LogP contribution in [0.1, 0.15) is 0 Å². The maximum atomic E-state index is 2.28. The van der Waals surface area contributed by atoms with Gasteiger partial charge in [0.1, 0.15) is 57.0 Å². The van der Waals surface area contributed by atoms with E-state index in [1.807, 2.05) is 0 Å². The first-order chi connectivity index (χ1) is 24.8. The first kappa shape index (κ1) is 33.1. The highest BCUT2D eigenvalue weighted by Gasteiger charge is 2.48. The van der Waals surface area contributed by atoms with Crippen molar-refractivity contribution < 1.29 is 0 Å². The summed E-state index contributed by atoms with van der Waals surface area (Å²) in [5, 5.41) is 11.1. The van der Waals surface area contributed by atoms with Gasteiger partial charge in [0.15, 0.2) is 0 Å². The Morgan fingerprint density at radius 2 is 0.240 bits per heavy atom. The molecule has 0 heterocycles. The SMILES string of the molecule is c1ccc([P+](c2ccccc2)(c2ccccc2)c2ccccc2)cc1.c1ccc([P+](c2ccccc2)(c2ccccc2)c2ccccc2)cc1. The molecule has 8 aromatic carbocycles. The van der Waals surface area contributed by atoms with Crippen molar-refractivity contribution in [2.75, 3.05) is 0 Å². The van der Waals surface area contributed by atoms with Gasteiger partial charge in [-0.3, -0.25) is 0 Å². The molecule has 0 aliphatic heterocycles. The fraction of sp³-hybridized carbons (Fsp3) is 0. The molecule has 0 radical (unpaired) electrons. The summed E-state index contributed by atoms with van der Waals surface area (Å²) in [7, 11) is -3.81. The van der Waals surface area contributed by atoms with E-state index in [0.29, 0.717) is 0 Å². The summed E-state index contributed by atoms with van der Waals surface area (Å²) in [6.45, 7) is 0. The van der Waals surface area contributed by atoms with Crippen molar-refractivity contribution >= 4 is 57.0 Å². The zero-order valence-corrected chi connectivity index (χ0v) is 29.8. The molecule has 0 aliphatic rings. The second kappa shape index (κ2) is 15.9. The van der Waals surface area contributed by atoms with Crippen LogP contribution >= 0.6 is 14.5 Å². The van der Waals surface area contributed by atoms with E-state index in [0.717, 1.165) is 0 Å². The van der Waals surface area contributed by atoms with E-state index in [4.69, 9.17) is 0 Å². The molecule has 0 nitrogen and oxygen atoms in total. The Balaban J connectivity index is 0.000000157. The van der Waals surface area contributed by atoms with Crippen molar-refractivity contribution in [2.24, 2.45) is 0 Å². The Kier molecular flexibility index (Phi) is 10.5. The highest BCUT2D eigenvalue weighted by molar-refractivity contribution is 8.02. The Labute approximate surface area is 298 Å². The molecular weight excluding hydrogens is 638 g/mol. The summed E-state index contributed by atoms with van der Waals surface area (Å²) in [4.78, 5) is 0. The normalized spacial score (nSPS) is 11.2. The zero-order valence-electron chi connectivity index (χ0n) is 28.0. The first-order valence-electron chi connectivity index (χ1n) is 17.1. The van der Waals surface area contributed by atoms with Crippen molar-refractivity contribution in [3.63, 3.8) is 0 Å². The van der Waals surface area contributed by atoms with Gasteiger partial charge in [0.2, 0.25) is 0 Å². The summed E-state index contributed by atoms with van der Waals surface area (Å²) in [5.74, 6) is 0. The molecule has 50 heavy (non-hydrogen) atoms. The quantitative estimate of drug-likeness (QED) is 0.141. The molecule has 0 N–H and O–H groups in total. The Morgan fingerprint density at radius 1 is 0.140 bits per heavy atom. The maximum Gasteiger partial charge on any atom is 0.144 e. The van der Waals surface area contributed by atoms with Crippen molar-refractivity contribution in [1.82, 2.24) is 0 Å². The predicted octanol–water partition coefficient (Wildman–Crippen LogP) is 8.61. The summed E-state index contributed by atoms with van der Waals surface area (Å²) in [6, 6.07) is 87.7.